The molecule has 0 aromatic heterocycles. The number of nitrogens with one attached hydrogen (secondary N) is 1. The fourth-order valence-corrected chi connectivity index (χ4v) is 3.25. The molecule has 0 aliphatic heterocycles. The topological polar surface area (TPSA) is 111 Å². The number of sulfone groups is 1. The SMILES string of the molecule is CS(=O)(=O)c1cc(-c2ccc(C[C@@H](C#N)NC=O)cc2)ccc1C#N. The Labute approximate surface area is 146 Å². The molecule has 2 rings (SSSR count). The predicted octanol–water partition coefficient (Wildman–Crippen LogP) is 1.81. The Morgan fingerprint density at radius 3 is 2.28 bits per heavy atom. The van der Waals surface area contributed by atoms with Gasteiger partial charge in [-0.05, 0) is 28.8 Å². The average Bonchev–Trinajstić information content (AvgIpc) is 2.60. The molecule has 0 spiro atoms. The van der Waals surface area contributed by atoms with Gasteiger partial charge in [0, 0.05) is 12.7 Å². The lowest BCUT2D eigenvalue weighted by Crippen LogP contribution is -2.28. The van der Waals surface area contributed by atoms with Gasteiger partial charge in [-0.15, -0.1) is 0 Å². The van der Waals surface area contributed by atoms with Gasteiger partial charge in [-0.25, -0.2) is 8.42 Å². The van der Waals surface area contributed by atoms with E-state index in [0.717, 1.165) is 17.4 Å². The van der Waals surface area contributed by atoms with Crippen molar-refractivity contribution < 1.29 is 13.2 Å². The van der Waals surface area contributed by atoms with Crippen molar-refractivity contribution in [2.45, 2.75) is 17.4 Å². The van der Waals surface area contributed by atoms with Crippen LogP contribution < -0.4 is 5.32 Å². The number of amides is 1. The van der Waals surface area contributed by atoms with E-state index in [1.165, 1.54) is 12.1 Å². The fraction of sp³-hybridized carbons (Fsp3) is 0.167. The van der Waals surface area contributed by atoms with E-state index in [2.05, 4.69) is 5.32 Å². The molecule has 1 amide bonds. The van der Waals surface area contributed by atoms with Crippen molar-refractivity contribution in [1.29, 1.82) is 10.5 Å². The van der Waals surface area contributed by atoms with Crippen molar-refractivity contribution in [1.82, 2.24) is 5.32 Å². The van der Waals surface area contributed by atoms with Gasteiger partial charge in [-0.1, -0.05) is 30.3 Å². The number of nitriles is 2. The van der Waals surface area contributed by atoms with Gasteiger partial charge in [-0.2, -0.15) is 10.5 Å². The fourth-order valence-electron chi connectivity index (χ4n) is 2.39. The molecule has 0 saturated carbocycles. The maximum absolute atomic E-state index is 11.8. The molecule has 0 unspecified atom stereocenters. The molecule has 25 heavy (non-hydrogen) atoms. The Morgan fingerprint density at radius 2 is 1.76 bits per heavy atom. The van der Waals surface area contributed by atoms with E-state index >= 15 is 0 Å². The van der Waals surface area contributed by atoms with E-state index in [0.29, 0.717) is 18.4 Å². The number of hydrogen-bond donors (Lipinski definition) is 1. The third kappa shape index (κ3) is 4.43. The highest BCUT2D eigenvalue weighted by Gasteiger charge is 2.15. The van der Waals surface area contributed by atoms with Gasteiger partial charge in [-0.3, -0.25) is 4.79 Å². The zero-order valence-corrected chi connectivity index (χ0v) is 14.2. The Hall–Kier alpha value is -3.16. The van der Waals surface area contributed by atoms with Crippen LogP contribution in [0.25, 0.3) is 11.1 Å². The third-order valence-electron chi connectivity index (χ3n) is 3.65. The van der Waals surface area contributed by atoms with Gasteiger partial charge >= 0.3 is 0 Å². The van der Waals surface area contributed by atoms with E-state index in [-0.39, 0.29) is 10.5 Å². The van der Waals surface area contributed by atoms with E-state index < -0.39 is 15.9 Å². The maximum atomic E-state index is 11.8. The molecule has 0 aliphatic carbocycles. The molecule has 6 nitrogen and oxygen atoms in total. The molecule has 0 fully saturated rings. The summed E-state index contributed by atoms with van der Waals surface area (Å²) < 4.78 is 23.7. The van der Waals surface area contributed by atoms with Gasteiger partial charge in [0.15, 0.2) is 9.84 Å². The number of benzene rings is 2. The van der Waals surface area contributed by atoms with Crippen LogP contribution >= 0.6 is 0 Å². The first-order valence-electron chi connectivity index (χ1n) is 7.32. The van der Waals surface area contributed by atoms with Crippen LogP contribution in [0.3, 0.4) is 0 Å². The van der Waals surface area contributed by atoms with Gasteiger partial charge in [0.25, 0.3) is 0 Å². The van der Waals surface area contributed by atoms with Crippen molar-refractivity contribution in [2.75, 3.05) is 6.26 Å². The molecule has 0 saturated heterocycles. The normalized spacial score (nSPS) is 11.8. The lowest BCUT2D eigenvalue weighted by atomic mass is 10.0. The molecule has 2 aromatic rings. The second kappa shape index (κ2) is 7.61. The van der Waals surface area contributed by atoms with Crippen LogP contribution in [0, 0.1) is 22.7 Å². The molecule has 126 valence electrons. The zero-order valence-electron chi connectivity index (χ0n) is 13.4. The van der Waals surface area contributed by atoms with Crippen LogP contribution in [0.4, 0.5) is 0 Å². The molecular weight excluding hydrogens is 338 g/mol. The Kier molecular flexibility index (Phi) is 5.53. The molecule has 0 bridgehead atoms. The lowest BCUT2D eigenvalue weighted by Gasteiger charge is -2.10. The number of hydrogen-bond acceptors (Lipinski definition) is 5. The van der Waals surface area contributed by atoms with E-state index in [4.69, 9.17) is 10.5 Å². The zero-order chi connectivity index (χ0) is 18.4. The predicted molar refractivity (Wildman–Crippen MR) is 92.0 cm³/mol. The Morgan fingerprint density at radius 1 is 1.12 bits per heavy atom. The van der Waals surface area contributed by atoms with Gasteiger partial charge in [0.05, 0.1) is 16.5 Å². The molecular formula is C18H15N3O3S. The van der Waals surface area contributed by atoms with Gasteiger partial charge in [0.1, 0.15) is 12.1 Å². The van der Waals surface area contributed by atoms with Crippen LogP contribution in [-0.2, 0) is 21.1 Å². The van der Waals surface area contributed by atoms with E-state index in [1.807, 2.05) is 24.3 Å². The number of nitrogens with zero attached hydrogens (tertiary/aromatic N) is 2. The molecule has 7 heteroatoms. The maximum Gasteiger partial charge on any atom is 0.208 e. The number of rotatable bonds is 6. The van der Waals surface area contributed by atoms with Gasteiger partial charge in [0.2, 0.25) is 6.41 Å². The van der Waals surface area contributed by atoms with Crippen molar-refractivity contribution >= 4 is 16.2 Å². The molecule has 0 heterocycles. The smallest absolute Gasteiger partial charge is 0.208 e. The summed E-state index contributed by atoms with van der Waals surface area (Å²) in [6, 6.07) is 15.2. The first-order valence-corrected chi connectivity index (χ1v) is 9.21. The molecule has 0 radical (unpaired) electrons. The summed E-state index contributed by atoms with van der Waals surface area (Å²) in [5.74, 6) is 0. The van der Waals surface area contributed by atoms with E-state index in [1.54, 1.807) is 18.2 Å². The highest BCUT2D eigenvalue weighted by atomic mass is 32.2. The van der Waals surface area contributed by atoms with Crippen LogP contribution in [0.1, 0.15) is 11.1 Å². The minimum Gasteiger partial charge on any atom is -0.343 e. The minimum atomic E-state index is -3.51. The third-order valence-corrected chi connectivity index (χ3v) is 4.79. The average molecular weight is 353 g/mol. The molecule has 1 atom stereocenters. The summed E-state index contributed by atoms with van der Waals surface area (Å²) in [5, 5.41) is 20.4. The number of carbonyl (C=O) groups is 1. The van der Waals surface area contributed by atoms with Crippen molar-refractivity contribution in [3.05, 3.63) is 53.6 Å². The first-order chi connectivity index (χ1) is 11.9. The number of carbonyl (C=O) groups excluding carboxylic acids is 1. The highest BCUT2D eigenvalue weighted by molar-refractivity contribution is 7.90. The quantitative estimate of drug-likeness (QED) is 0.796. The molecule has 0 aliphatic rings. The molecule has 1 N–H and O–H groups in total. The first kappa shape index (κ1) is 18.2. The second-order valence-corrected chi connectivity index (χ2v) is 7.45. The largest absolute Gasteiger partial charge is 0.343 e. The standard InChI is InChI=1S/C18H15N3O3S/c1-25(23,24)18-9-15(6-7-16(18)10-19)14-4-2-13(3-5-14)8-17(11-20)21-12-22/h2-7,9,12,17H,8H2,1H3,(H,21,22)/t17-/m0/s1. The molecule has 2 aromatic carbocycles. The van der Waals surface area contributed by atoms with Crippen LogP contribution in [0.15, 0.2) is 47.4 Å². The summed E-state index contributed by atoms with van der Waals surface area (Å²) in [5.41, 5.74) is 2.44. The monoisotopic (exact) mass is 353 g/mol. The summed E-state index contributed by atoms with van der Waals surface area (Å²) in [6.45, 7) is 0. The summed E-state index contributed by atoms with van der Waals surface area (Å²) in [6.07, 6.45) is 1.93. The van der Waals surface area contributed by atoms with Crippen molar-refractivity contribution in [3.63, 3.8) is 0 Å². The van der Waals surface area contributed by atoms with E-state index in [9.17, 15) is 13.2 Å². The lowest BCUT2D eigenvalue weighted by molar-refractivity contribution is -0.109. The van der Waals surface area contributed by atoms with Crippen molar-refractivity contribution in [2.24, 2.45) is 0 Å². The highest BCUT2D eigenvalue weighted by Crippen LogP contribution is 2.25. The van der Waals surface area contributed by atoms with Crippen molar-refractivity contribution in [3.8, 4) is 23.3 Å². The summed E-state index contributed by atoms with van der Waals surface area (Å²) in [7, 11) is -3.51. The van der Waals surface area contributed by atoms with Crippen LogP contribution in [-0.4, -0.2) is 27.1 Å². The second-order valence-electron chi connectivity index (χ2n) is 5.46. The minimum absolute atomic E-state index is 0.00342. The van der Waals surface area contributed by atoms with Crippen LogP contribution in [0.5, 0.6) is 0 Å². The van der Waals surface area contributed by atoms with Gasteiger partial charge < -0.3 is 5.32 Å². The Bertz CT molecular complexity index is 968. The summed E-state index contributed by atoms with van der Waals surface area (Å²) >= 11 is 0. The van der Waals surface area contributed by atoms with Crippen LogP contribution in [0.2, 0.25) is 0 Å². The Balaban J connectivity index is 2.33. The summed E-state index contributed by atoms with van der Waals surface area (Å²) in [4.78, 5) is 10.4.